The molecular formula is C34H27BrN2O5. The van der Waals surface area contributed by atoms with Gasteiger partial charge in [0.2, 0.25) is 11.8 Å². The predicted molar refractivity (Wildman–Crippen MR) is 161 cm³/mol. The summed E-state index contributed by atoms with van der Waals surface area (Å²) >= 11 is 3.51. The largest absolute Gasteiger partial charge is 0.454 e. The Bertz CT molecular complexity index is 1760. The lowest BCUT2D eigenvalue weighted by Crippen LogP contribution is -2.32. The van der Waals surface area contributed by atoms with Crippen molar-refractivity contribution >= 4 is 56.1 Å². The Morgan fingerprint density at radius 2 is 1.60 bits per heavy atom. The molecule has 42 heavy (non-hydrogen) atoms. The maximum absolute atomic E-state index is 13.4. The van der Waals surface area contributed by atoms with Gasteiger partial charge in [0.25, 0.3) is 0 Å². The molecule has 7 nitrogen and oxygen atoms in total. The summed E-state index contributed by atoms with van der Waals surface area (Å²) in [4.78, 5) is 58.7. The molecule has 3 aliphatic rings. The number of halogens is 1. The van der Waals surface area contributed by atoms with Crippen molar-refractivity contribution in [3.8, 4) is 11.3 Å². The normalized spacial score (nSPS) is 22.6. The SMILES string of the molecule is Cc1cc(Br)cc2c(C(=O)OCC(=O)c3ccccc3)cc(-c3ccc(N4C(=O)C5C6CCC(C6)C5C4=O)cc3)nc12. The number of carbonyl (C=O) groups is 4. The summed E-state index contributed by atoms with van der Waals surface area (Å²) < 4.78 is 6.27. The molecule has 8 heteroatoms. The van der Waals surface area contributed by atoms with Crippen molar-refractivity contribution < 1.29 is 23.9 Å². The number of hydrogen-bond acceptors (Lipinski definition) is 6. The highest BCUT2D eigenvalue weighted by Gasteiger charge is 2.61. The van der Waals surface area contributed by atoms with Crippen molar-refractivity contribution in [2.75, 3.05) is 11.5 Å². The van der Waals surface area contributed by atoms with Crippen LogP contribution >= 0.6 is 15.9 Å². The zero-order chi connectivity index (χ0) is 29.1. The first-order valence-corrected chi connectivity index (χ1v) is 14.9. The molecule has 2 heterocycles. The van der Waals surface area contributed by atoms with Gasteiger partial charge in [-0.15, -0.1) is 0 Å². The molecule has 4 aromatic rings. The smallest absolute Gasteiger partial charge is 0.339 e. The van der Waals surface area contributed by atoms with E-state index in [1.165, 1.54) is 4.90 Å². The third kappa shape index (κ3) is 4.36. The number of esters is 1. The lowest BCUT2D eigenvalue weighted by molar-refractivity contribution is -0.123. The average Bonchev–Trinajstić information content (AvgIpc) is 3.69. The summed E-state index contributed by atoms with van der Waals surface area (Å²) in [5.74, 6) is -0.783. The highest BCUT2D eigenvalue weighted by molar-refractivity contribution is 9.10. The van der Waals surface area contributed by atoms with Gasteiger partial charge in [-0.3, -0.25) is 19.3 Å². The number of Topliss-reactive ketones (excluding diaryl/α,β-unsaturated/α-hetero) is 1. The van der Waals surface area contributed by atoms with E-state index >= 15 is 0 Å². The van der Waals surface area contributed by atoms with Crippen LogP contribution in [0.2, 0.25) is 0 Å². The molecule has 0 spiro atoms. The van der Waals surface area contributed by atoms with E-state index in [9.17, 15) is 19.2 Å². The molecule has 7 rings (SSSR count). The molecule has 1 saturated heterocycles. The Balaban J connectivity index is 1.20. The van der Waals surface area contributed by atoms with Gasteiger partial charge in [-0.25, -0.2) is 9.78 Å². The number of fused-ring (bicyclic) bond motifs is 6. The Kier molecular flexibility index (Phi) is 6.54. The molecule has 4 unspecified atom stereocenters. The van der Waals surface area contributed by atoms with Gasteiger partial charge in [0.15, 0.2) is 12.4 Å². The zero-order valence-electron chi connectivity index (χ0n) is 22.9. The van der Waals surface area contributed by atoms with Crippen molar-refractivity contribution in [3.05, 3.63) is 94.0 Å². The van der Waals surface area contributed by atoms with E-state index in [0.717, 1.165) is 34.9 Å². The number of pyridine rings is 1. The number of aryl methyl sites for hydroxylation is 1. The van der Waals surface area contributed by atoms with Gasteiger partial charge in [0.1, 0.15) is 0 Å². The minimum Gasteiger partial charge on any atom is -0.454 e. The van der Waals surface area contributed by atoms with Gasteiger partial charge in [-0.1, -0.05) is 58.4 Å². The number of carbonyl (C=O) groups excluding carboxylic acids is 4. The molecule has 2 amide bonds. The summed E-state index contributed by atoms with van der Waals surface area (Å²) in [6, 6.07) is 21.3. The van der Waals surface area contributed by atoms with E-state index in [0.29, 0.717) is 39.7 Å². The van der Waals surface area contributed by atoms with Crippen LogP contribution in [0.1, 0.15) is 45.5 Å². The number of benzene rings is 3. The van der Waals surface area contributed by atoms with Gasteiger partial charge in [0.05, 0.1) is 34.3 Å². The molecule has 4 atom stereocenters. The Morgan fingerprint density at radius 1 is 0.929 bits per heavy atom. The lowest BCUT2D eigenvalue weighted by atomic mass is 9.81. The Labute approximate surface area is 251 Å². The summed E-state index contributed by atoms with van der Waals surface area (Å²) in [6.07, 6.45) is 3.06. The Hall–Kier alpha value is -4.17. The molecular weight excluding hydrogens is 596 g/mol. The molecule has 210 valence electrons. The van der Waals surface area contributed by atoms with Crippen LogP contribution in [0.5, 0.6) is 0 Å². The maximum Gasteiger partial charge on any atom is 0.339 e. The van der Waals surface area contributed by atoms with Gasteiger partial charge >= 0.3 is 5.97 Å². The van der Waals surface area contributed by atoms with Crippen molar-refractivity contribution in [1.82, 2.24) is 4.98 Å². The third-order valence-electron chi connectivity index (χ3n) is 9.07. The first kappa shape index (κ1) is 26.7. The van der Waals surface area contributed by atoms with Gasteiger partial charge in [-0.2, -0.15) is 0 Å². The summed E-state index contributed by atoms with van der Waals surface area (Å²) in [5.41, 5.74) is 4.07. The second-order valence-electron chi connectivity index (χ2n) is 11.5. The van der Waals surface area contributed by atoms with E-state index in [4.69, 9.17) is 9.72 Å². The molecule has 2 saturated carbocycles. The third-order valence-corrected chi connectivity index (χ3v) is 9.53. The standard InChI is InChI=1S/C34H27BrN2O5/c1-18-13-23(35)15-25-26(34(41)42-17-28(38)20-5-3-2-4-6-20)16-27(36-31(18)25)19-9-11-24(12-10-19)37-32(39)29-21-7-8-22(14-21)30(29)33(37)40/h2-6,9-13,15-16,21-22,29-30H,7-8,14,17H2,1H3. The van der Waals surface area contributed by atoms with Gasteiger partial charge in [0, 0.05) is 21.0 Å². The van der Waals surface area contributed by atoms with Crippen LogP contribution in [0, 0.1) is 30.6 Å². The number of hydrogen-bond donors (Lipinski definition) is 0. The van der Waals surface area contributed by atoms with Crippen molar-refractivity contribution in [2.24, 2.45) is 23.7 Å². The lowest BCUT2D eigenvalue weighted by Gasteiger charge is -2.19. The van der Waals surface area contributed by atoms with Crippen molar-refractivity contribution in [2.45, 2.75) is 26.2 Å². The van der Waals surface area contributed by atoms with E-state index in [1.807, 2.05) is 37.3 Å². The number of ether oxygens (including phenoxy) is 1. The van der Waals surface area contributed by atoms with E-state index < -0.39 is 5.97 Å². The maximum atomic E-state index is 13.4. The average molecular weight is 624 g/mol. The fraction of sp³-hybridized carbons (Fsp3) is 0.265. The highest BCUT2D eigenvalue weighted by atomic mass is 79.9. The molecule has 2 bridgehead atoms. The van der Waals surface area contributed by atoms with Crippen LogP contribution in [0.25, 0.3) is 22.2 Å². The fourth-order valence-electron chi connectivity index (χ4n) is 7.13. The Morgan fingerprint density at radius 3 is 2.26 bits per heavy atom. The number of aromatic nitrogens is 1. The van der Waals surface area contributed by atoms with E-state index in [1.54, 1.807) is 42.5 Å². The molecule has 1 aromatic heterocycles. The zero-order valence-corrected chi connectivity index (χ0v) is 24.5. The molecule has 3 aromatic carbocycles. The van der Waals surface area contributed by atoms with Gasteiger partial charge in [-0.05, 0) is 73.9 Å². The fourth-order valence-corrected chi connectivity index (χ4v) is 7.71. The van der Waals surface area contributed by atoms with Crippen LogP contribution in [-0.2, 0) is 14.3 Å². The van der Waals surface area contributed by atoms with Crippen LogP contribution in [0.15, 0.2) is 77.3 Å². The second kappa shape index (κ2) is 10.3. The number of amides is 2. The minimum atomic E-state index is -0.628. The van der Waals surface area contributed by atoms with E-state index in [-0.39, 0.29) is 41.6 Å². The molecule has 1 aliphatic heterocycles. The van der Waals surface area contributed by atoms with E-state index in [2.05, 4.69) is 15.9 Å². The highest BCUT2D eigenvalue weighted by Crippen LogP contribution is 2.56. The van der Waals surface area contributed by atoms with Crippen LogP contribution in [0.3, 0.4) is 0 Å². The second-order valence-corrected chi connectivity index (χ2v) is 12.4. The van der Waals surface area contributed by atoms with Crippen molar-refractivity contribution in [1.29, 1.82) is 0 Å². The van der Waals surface area contributed by atoms with Crippen LogP contribution < -0.4 is 4.90 Å². The first-order valence-electron chi connectivity index (χ1n) is 14.1. The minimum absolute atomic E-state index is 0.0786. The van der Waals surface area contributed by atoms with Crippen LogP contribution in [-0.4, -0.2) is 35.2 Å². The number of imide groups is 1. The number of anilines is 1. The van der Waals surface area contributed by atoms with Crippen molar-refractivity contribution in [3.63, 3.8) is 0 Å². The molecule has 0 radical (unpaired) electrons. The number of ketones is 1. The molecule has 2 aliphatic carbocycles. The number of nitrogens with zero attached hydrogens (tertiary/aromatic N) is 2. The summed E-state index contributed by atoms with van der Waals surface area (Å²) in [7, 11) is 0. The quantitative estimate of drug-likeness (QED) is 0.138. The summed E-state index contributed by atoms with van der Waals surface area (Å²) in [5, 5.41) is 0.605. The predicted octanol–water partition coefficient (Wildman–Crippen LogP) is 6.55. The topological polar surface area (TPSA) is 93.6 Å². The van der Waals surface area contributed by atoms with Crippen LogP contribution in [0.4, 0.5) is 5.69 Å². The first-order chi connectivity index (χ1) is 20.3. The van der Waals surface area contributed by atoms with Gasteiger partial charge < -0.3 is 4.74 Å². The monoisotopic (exact) mass is 622 g/mol. The molecule has 3 fully saturated rings. The number of rotatable bonds is 6. The molecule has 0 N–H and O–H groups in total. The summed E-state index contributed by atoms with van der Waals surface area (Å²) in [6.45, 7) is 1.53.